The average molecular weight is 556 g/mol. The van der Waals surface area contributed by atoms with Crippen molar-refractivity contribution in [2.45, 2.75) is 25.5 Å². The Kier molecular flexibility index (Phi) is 7.04. The highest BCUT2D eigenvalue weighted by Crippen LogP contribution is 2.41. The number of aryl methyl sites for hydroxylation is 1. The minimum absolute atomic E-state index is 0.258. The van der Waals surface area contributed by atoms with E-state index in [1.807, 2.05) is 55.6 Å². The Morgan fingerprint density at radius 3 is 2.15 bits per heavy atom. The maximum Gasteiger partial charge on any atom is 0.353 e. The Morgan fingerprint density at radius 1 is 0.825 bits per heavy atom. The third-order valence-corrected chi connectivity index (χ3v) is 8.22. The zero-order chi connectivity index (χ0) is 27.7. The van der Waals surface area contributed by atoms with Crippen LogP contribution in [0.5, 0.6) is 5.75 Å². The standard InChI is InChI=1S/C32H30N2O5S/c1-33-27-20-25(23-10-4-2-5-11-23)14-16-29(27)38-31(33)22-32-34(18-8-9-19-40(35,36)37)28-21-26(15-17-30(28)39-32)24-12-6-3-7-13-24/h2-7,10-17,20-21,32H,8-9,18-19,22H2,1H3/p+1. The summed E-state index contributed by atoms with van der Waals surface area (Å²) in [6.45, 7) is 0.577. The number of hydrogen-bond donors (Lipinski definition) is 1. The van der Waals surface area contributed by atoms with Crippen LogP contribution in [0, 0.1) is 0 Å². The Balaban J connectivity index is 1.29. The second-order valence-corrected chi connectivity index (χ2v) is 11.7. The summed E-state index contributed by atoms with van der Waals surface area (Å²) < 4.78 is 46.5. The Labute approximate surface area is 234 Å². The van der Waals surface area contributed by atoms with Gasteiger partial charge in [-0.25, -0.2) is 0 Å². The monoisotopic (exact) mass is 555 g/mol. The van der Waals surface area contributed by atoms with Gasteiger partial charge in [0.1, 0.15) is 19.2 Å². The van der Waals surface area contributed by atoms with Crippen molar-refractivity contribution in [2.75, 3.05) is 17.2 Å². The molecule has 40 heavy (non-hydrogen) atoms. The van der Waals surface area contributed by atoms with Gasteiger partial charge in [-0.2, -0.15) is 13.0 Å². The Morgan fingerprint density at radius 2 is 1.48 bits per heavy atom. The summed E-state index contributed by atoms with van der Waals surface area (Å²) in [6.07, 6.45) is 1.12. The molecule has 0 saturated heterocycles. The van der Waals surface area contributed by atoms with Crippen LogP contribution in [0.2, 0.25) is 0 Å². The summed E-state index contributed by atoms with van der Waals surface area (Å²) in [4.78, 5) is 2.17. The van der Waals surface area contributed by atoms with E-state index in [2.05, 4.69) is 58.0 Å². The van der Waals surface area contributed by atoms with Gasteiger partial charge < -0.3 is 14.1 Å². The van der Waals surface area contributed by atoms with Crippen molar-refractivity contribution >= 4 is 26.9 Å². The SMILES string of the molecule is C[n+]1c(CC2Oc3ccc(-c4ccccc4)cc3N2CCCCS(=O)(=O)O)oc2ccc(-c3ccccc3)cc21. The number of ether oxygens (including phenoxy) is 1. The van der Waals surface area contributed by atoms with E-state index in [9.17, 15) is 13.0 Å². The van der Waals surface area contributed by atoms with E-state index in [1.54, 1.807) is 0 Å². The minimum Gasteiger partial charge on any atom is -0.468 e. The highest BCUT2D eigenvalue weighted by atomic mass is 32.2. The number of nitrogens with zero attached hydrogens (tertiary/aromatic N) is 2. The van der Waals surface area contributed by atoms with Gasteiger partial charge in [0.25, 0.3) is 15.6 Å². The zero-order valence-electron chi connectivity index (χ0n) is 22.2. The molecule has 0 saturated carbocycles. The van der Waals surface area contributed by atoms with Crippen molar-refractivity contribution < 1.29 is 26.7 Å². The predicted octanol–water partition coefficient (Wildman–Crippen LogP) is 6.03. The lowest BCUT2D eigenvalue weighted by Crippen LogP contribution is -2.41. The van der Waals surface area contributed by atoms with Gasteiger partial charge in [0.2, 0.25) is 5.58 Å². The minimum atomic E-state index is -4.00. The van der Waals surface area contributed by atoms with Crippen LogP contribution >= 0.6 is 0 Å². The van der Waals surface area contributed by atoms with E-state index in [0.29, 0.717) is 25.8 Å². The fourth-order valence-electron chi connectivity index (χ4n) is 5.33. The maximum absolute atomic E-state index is 11.3. The summed E-state index contributed by atoms with van der Waals surface area (Å²) in [5.41, 5.74) is 7.22. The average Bonchev–Trinajstić information content (AvgIpc) is 3.47. The summed E-state index contributed by atoms with van der Waals surface area (Å²) >= 11 is 0. The van der Waals surface area contributed by atoms with Crippen molar-refractivity contribution in [3.63, 3.8) is 0 Å². The third kappa shape index (κ3) is 5.46. The predicted molar refractivity (Wildman–Crippen MR) is 156 cm³/mol. The second-order valence-electron chi connectivity index (χ2n) is 10.1. The first-order chi connectivity index (χ1) is 19.4. The van der Waals surface area contributed by atoms with Crippen LogP contribution in [0.25, 0.3) is 33.4 Å². The molecule has 1 atom stereocenters. The molecule has 0 amide bonds. The van der Waals surface area contributed by atoms with Gasteiger partial charge in [0, 0.05) is 12.6 Å². The van der Waals surface area contributed by atoms with E-state index < -0.39 is 10.1 Å². The highest BCUT2D eigenvalue weighted by molar-refractivity contribution is 7.85. The lowest BCUT2D eigenvalue weighted by atomic mass is 10.0. The van der Waals surface area contributed by atoms with Crippen molar-refractivity contribution in [3.05, 3.63) is 103 Å². The van der Waals surface area contributed by atoms with Crippen molar-refractivity contribution in [3.8, 4) is 28.0 Å². The van der Waals surface area contributed by atoms with Gasteiger partial charge in [-0.1, -0.05) is 72.8 Å². The van der Waals surface area contributed by atoms with E-state index in [0.717, 1.165) is 50.7 Å². The van der Waals surface area contributed by atoms with Crippen LogP contribution in [0.3, 0.4) is 0 Å². The molecule has 6 rings (SSSR count). The lowest BCUT2D eigenvalue weighted by molar-refractivity contribution is -0.659. The maximum atomic E-state index is 11.3. The molecule has 0 aliphatic carbocycles. The van der Waals surface area contributed by atoms with Crippen LogP contribution in [-0.2, 0) is 23.6 Å². The van der Waals surface area contributed by atoms with Crippen LogP contribution in [0.15, 0.2) is 101 Å². The fourth-order valence-corrected chi connectivity index (χ4v) is 5.90. The molecule has 0 fully saturated rings. The molecular formula is C32H31N2O5S+. The molecule has 1 N–H and O–H groups in total. The van der Waals surface area contributed by atoms with Crippen LogP contribution < -0.4 is 14.2 Å². The van der Waals surface area contributed by atoms with Gasteiger partial charge in [-0.05, 0) is 53.3 Å². The number of fused-ring (bicyclic) bond motifs is 2. The molecule has 1 aliphatic rings. The van der Waals surface area contributed by atoms with Crippen molar-refractivity contribution in [1.82, 2.24) is 0 Å². The van der Waals surface area contributed by atoms with E-state index >= 15 is 0 Å². The molecule has 7 nitrogen and oxygen atoms in total. The summed E-state index contributed by atoms with van der Waals surface area (Å²) in [5.74, 6) is 1.31. The molecule has 8 heteroatoms. The zero-order valence-corrected chi connectivity index (χ0v) is 23.0. The third-order valence-electron chi connectivity index (χ3n) is 7.42. The topological polar surface area (TPSA) is 83.9 Å². The molecule has 1 aromatic heterocycles. The van der Waals surface area contributed by atoms with Gasteiger partial charge in [0.05, 0.1) is 11.4 Å². The van der Waals surface area contributed by atoms with E-state index in [4.69, 9.17) is 9.15 Å². The van der Waals surface area contributed by atoms with Gasteiger partial charge in [-0.15, -0.1) is 0 Å². The fraction of sp³-hybridized carbons (Fsp3) is 0.219. The molecule has 4 aromatic carbocycles. The number of anilines is 1. The Bertz CT molecular complexity index is 1750. The van der Waals surface area contributed by atoms with Crippen LogP contribution in [0.1, 0.15) is 18.7 Å². The molecule has 5 aromatic rings. The van der Waals surface area contributed by atoms with Gasteiger partial charge in [-0.3, -0.25) is 4.55 Å². The Hall–Kier alpha value is -4.14. The summed E-state index contributed by atoms with van der Waals surface area (Å²) in [7, 11) is -2.00. The smallest absolute Gasteiger partial charge is 0.353 e. The number of oxazole rings is 1. The van der Waals surface area contributed by atoms with Crippen LogP contribution in [-0.4, -0.2) is 31.5 Å². The number of benzene rings is 4. The van der Waals surface area contributed by atoms with E-state index in [1.165, 1.54) is 0 Å². The lowest BCUT2D eigenvalue weighted by Gasteiger charge is -2.24. The number of hydrogen-bond acceptors (Lipinski definition) is 5. The quantitative estimate of drug-likeness (QED) is 0.136. The van der Waals surface area contributed by atoms with Gasteiger partial charge in [0.15, 0.2) is 6.23 Å². The number of unbranched alkanes of at least 4 members (excludes halogenated alkanes) is 1. The first-order valence-corrected chi connectivity index (χ1v) is 15.0. The molecule has 2 heterocycles. The van der Waals surface area contributed by atoms with Gasteiger partial charge >= 0.3 is 5.89 Å². The molecule has 0 bridgehead atoms. The summed E-state index contributed by atoms with van der Waals surface area (Å²) in [5, 5.41) is 0. The molecule has 1 aliphatic heterocycles. The molecular weight excluding hydrogens is 524 g/mol. The first-order valence-electron chi connectivity index (χ1n) is 13.4. The first kappa shape index (κ1) is 26.1. The number of aromatic nitrogens is 1. The molecule has 204 valence electrons. The molecule has 0 radical (unpaired) electrons. The second kappa shape index (κ2) is 10.8. The van der Waals surface area contributed by atoms with Crippen molar-refractivity contribution in [1.29, 1.82) is 0 Å². The largest absolute Gasteiger partial charge is 0.468 e. The van der Waals surface area contributed by atoms with Crippen LogP contribution in [0.4, 0.5) is 5.69 Å². The highest BCUT2D eigenvalue weighted by Gasteiger charge is 2.35. The van der Waals surface area contributed by atoms with E-state index in [-0.39, 0.29) is 12.0 Å². The normalized spacial score (nSPS) is 14.8. The molecule has 1 unspecified atom stereocenters. The van der Waals surface area contributed by atoms with Crippen molar-refractivity contribution in [2.24, 2.45) is 7.05 Å². The summed E-state index contributed by atoms with van der Waals surface area (Å²) in [6, 6.07) is 32.8. The number of rotatable bonds is 9. The molecule has 0 spiro atoms.